The van der Waals surface area contributed by atoms with E-state index in [9.17, 15) is 0 Å². The van der Waals surface area contributed by atoms with Gasteiger partial charge in [0.05, 0.1) is 6.04 Å². The van der Waals surface area contributed by atoms with E-state index in [0.29, 0.717) is 12.6 Å². The van der Waals surface area contributed by atoms with Gasteiger partial charge in [0.15, 0.2) is 0 Å². The van der Waals surface area contributed by atoms with E-state index >= 15 is 0 Å². The van der Waals surface area contributed by atoms with Crippen LogP contribution in [-0.4, -0.2) is 17.6 Å². The van der Waals surface area contributed by atoms with E-state index < -0.39 is 0 Å². The summed E-state index contributed by atoms with van der Waals surface area (Å²) in [6, 6.07) is 0.293. The molecule has 0 spiro atoms. The number of hydrogen-bond acceptors (Lipinski definition) is 2. The first kappa shape index (κ1) is 6.85. The van der Waals surface area contributed by atoms with Gasteiger partial charge < -0.3 is 10.1 Å². The molecule has 0 aromatic rings. The Kier molecular flexibility index (Phi) is 1.66. The summed E-state index contributed by atoms with van der Waals surface area (Å²) < 4.78 is 5.40. The fraction of sp³-hybridized carbons (Fsp3) is 0.375. The van der Waals surface area contributed by atoms with Crippen molar-refractivity contribution in [1.82, 2.24) is 5.32 Å². The number of hydrogen-bond donors (Lipinski definition) is 1. The van der Waals surface area contributed by atoms with Crippen LogP contribution < -0.4 is 5.32 Å². The highest BCUT2D eigenvalue weighted by atomic mass is 32.1. The van der Waals surface area contributed by atoms with Crippen LogP contribution in [0.15, 0.2) is 24.0 Å². The van der Waals surface area contributed by atoms with Crippen LogP contribution in [0.2, 0.25) is 0 Å². The zero-order chi connectivity index (χ0) is 7.68. The largest absolute Gasteiger partial charge is 0.489 e. The Morgan fingerprint density at radius 3 is 3.45 bits per heavy atom. The summed E-state index contributed by atoms with van der Waals surface area (Å²) in [5.41, 5.74) is 0. The standard InChI is InChI=1S/C8H9NOS/c11-8-5-10-7-4-2-1-3-6(7)9-8/h1-2,4,6H,3,5H2,(H,9,11). The third-order valence-corrected chi connectivity index (χ3v) is 2.05. The molecular weight excluding hydrogens is 158 g/mol. The summed E-state index contributed by atoms with van der Waals surface area (Å²) >= 11 is 4.99. The maximum atomic E-state index is 5.40. The molecule has 0 bridgehead atoms. The van der Waals surface area contributed by atoms with Crippen molar-refractivity contribution in [2.45, 2.75) is 12.5 Å². The lowest BCUT2D eigenvalue weighted by Crippen LogP contribution is -2.43. The molecule has 0 radical (unpaired) electrons. The lowest BCUT2D eigenvalue weighted by atomic mass is 10.1. The number of ether oxygens (including phenoxy) is 1. The Labute approximate surface area is 70.9 Å². The van der Waals surface area contributed by atoms with Gasteiger partial charge in [-0.3, -0.25) is 0 Å². The Balaban J connectivity index is 2.16. The maximum absolute atomic E-state index is 5.40. The SMILES string of the molecule is S=C1COC2=CC=CCC2N1. The van der Waals surface area contributed by atoms with Crippen LogP contribution in [0.4, 0.5) is 0 Å². The highest BCUT2D eigenvalue weighted by Crippen LogP contribution is 2.17. The van der Waals surface area contributed by atoms with E-state index in [1.54, 1.807) is 0 Å². The molecule has 58 valence electrons. The van der Waals surface area contributed by atoms with Crippen LogP contribution in [0, 0.1) is 0 Å². The van der Waals surface area contributed by atoms with Gasteiger partial charge in [0.1, 0.15) is 17.4 Å². The molecule has 1 unspecified atom stereocenters. The second-order valence-electron chi connectivity index (χ2n) is 2.64. The first-order valence-corrected chi connectivity index (χ1v) is 4.06. The molecule has 2 rings (SSSR count). The number of rotatable bonds is 0. The molecule has 0 aromatic heterocycles. The summed E-state index contributed by atoms with van der Waals surface area (Å²) in [6.07, 6.45) is 7.09. The minimum Gasteiger partial charge on any atom is -0.489 e. The first-order valence-electron chi connectivity index (χ1n) is 3.65. The fourth-order valence-corrected chi connectivity index (χ4v) is 1.47. The zero-order valence-corrected chi connectivity index (χ0v) is 6.86. The van der Waals surface area contributed by atoms with Crippen molar-refractivity contribution < 1.29 is 4.74 Å². The van der Waals surface area contributed by atoms with Crippen molar-refractivity contribution in [1.29, 1.82) is 0 Å². The normalized spacial score (nSPS) is 28.2. The third kappa shape index (κ3) is 1.28. The van der Waals surface area contributed by atoms with Crippen LogP contribution in [-0.2, 0) is 4.74 Å². The summed E-state index contributed by atoms with van der Waals surface area (Å²) in [5, 5.41) is 3.21. The van der Waals surface area contributed by atoms with E-state index in [4.69, 9.17) is 17.0 Å². The average Bonchev–Trinajstić information content (AvgIpc) is 2.04. The van der Waals surface area contributed by atoms with Crippen molar-refractivity contribution in [2.75, 3.05) is 6.61 Å². The number of allylic oxidation sites excluding steroid dienone is 2. The molecule has 1 heterocycles. The van der Waals surface area contributed by atoms with Gasteiger partial charge in [-0.2, -0.15) is 0 Å². The molecule has 2 aliphatic rings. The Morgan fingerprint density at radius 2 is 2.55 bits per heavy atom. The average molecular weight is 167 g/mol. The van der Waals surface area contributed by atoms with Gasteiger partial charge in [-0.1, -0.05) is 24.4 Å². The van der Waals surface area contributed by atoms with Crippen molar-refractivity contribution in [3.8, 4) is 0 Å². The monoisotopic (exact) mass is 167 g/mol. The fourth-order valence-electron chi connectivity index (χ4n) is 1.27. The van der Waals surface area contributed by atoms with E-state index in [0.717, 1.165) is 17.2 Å². The van der Waals surface area contributed by atoms with Gasteiger partial charge in [0, 0.05) is 0 Å². The van der Waals surface area contributed by atoms with Crippen molar-refractivity contribution in [3.63, 3.8) is 0 Å². The van der Waals surface area contributed by atoms with Crippen molar-refractivity contribution >= 4 is 17.2 Å². The molecule has 2 nitrogen and oxygen atoms in total. The number of morpholine rings is 1. The molecule has 3 heteroatoms. The lowest BCUT2D eigenvalue weighted by Gasteiger charge is -2.29. The topological polar surface area (TPSA) is 21.3 Å². The van der Waals surface area contributed by atoms with Crippen LogP contribution in [0.1, 0.15) is 6.42 Å². The van der Waals surface area contributed by atoms with Gasteiger partial charge in [-0.15, -0.1) is 0 Å². The smallest absolute Gasteiger partial charge is 0.138 e. The second-order valence-corrected chi connectivity index (χ2v) is 3.13. The van der Waals surface area contributed by atoms with Crippen LogP contribution in [0.3, 0.4) is 0 Å². The van der Waals surface area contributed by atoms with Crippen molar-refractivity contribution in [3.05, 3.63) is 24.0 Å². The van der Waals surface area contributed by atoms with Gasteiger partial charge in [0.2, 0.25) is 0 Å². The van der Waals surface area contributed by atoms with E-state index in [1.807, 2.05) is 12.2 Å². The number of thiocarbonyl (C=S) groups is 1. The molecule has 1 N–H and O–H groups in total. The van der Waals surface area contributed by atoms with Gasteiger partial charge in [-0.25, -0.2) is 0 Å². The Morgan fingerprint density at radius 1 is 1.64 bits per heavy atom. The molecule has 1 saturated heterocycles. The molecule has 11 heavy (non-hydrogen) atoms. The number of fused-ring (bicyclic) bond motifs is 1. The third-order valence-electron chi connectivity index (χ3n) is 1.82. The summed E-state index contributed by atoms with van der Waals surface area (Å²) in [4.78, 5) is 0.808. The molecule has 0 aromatic carbocycles. The molecular formula is C8H9NOS. The van der Waals surface area contributed by atoms with E-state index in [-0.39, 0.29) is 0 Å². The predicted molar refractivity (Wildman–Crippen MR) is 47.3 cm³/mol. The molecule has 0 saturated carbocycles. The molecule has 1 aliphatic heterocycles. The summed E-state index contributed by atoms with van der Waals surface area (Å²) in [5.74, 6) is 1.01. The molecule has 1 aliphatic carbocycles. The summed E-state index contributed by atoms with van der Waals surface area (Å²) in [6.45, 7) is 0.533. The second kappa shape index (κ2) is 2.66. The minimum absolute atomic E-state index is 0.293. The van der Waals surface area contributed by atoms with E-state index in [2.05, 4.69) is 11.4 Å². The quantitative estimate of drug-likeness (QED) is 0.547. The van der Waals surface area contributed by atoms with Gasteiger partial charge in [0.25, 0.3) is 0 Å². The number of nitrogens with one attached hydrogen (secondary N) is 1. The van der Waals surface area contributed by atoms with Gasteiger partial charge in [-0.05, 0) is 12.5 Å². The van der Waals surface area contributed by atoms with Crippen molar-refractivity contribution in [2.24, 2.45) is 0 Å². The lowest BCUT2D eigenvalue weighted by molar-refractivity contribution is 0.209. The molecule has 1 atom stereocenters. The van der Waals surface area contributed by atoms with Crippen LogP contribution >= 0.6 is 12.2 Å². The minimum atomic E-state index is 0.293. The van der Waals surface area contributed by atoms with Crippen LogP contribution in [0.5, 0.6) is 0 Å². The Hall–Kier alpha value is -0.830. The van der Waals surface area contributed by atoms with Crippen LogP contribution in [0.25, 0.3) is 0 Å². The van der Waals surface area contributed by atoms with Gasteiger partial charge >= 0.3 is 0 Å². The maximum Gasteiger partial charge on any atom is 0.138 e. The predicted octanol–water partition coefficient (Wildman–Crippen LogP) is 1.15. The first-order chi connectivity index (χ1) is 5.36. The molecule has 0 amide bonds. The summed E-state index contributed by atoms with van der Waals surface area (Å²) in [7, 11) is 0. The highest BCUT2D eigenvalue weighted by molar-refractivity contribution is 7.80. The zero-order valence-electron chi connectivity index (χ0n) is 6.04. The Bertz CT molecular complexity index is 244. The van der Waals surface area contributed by atoms with E-state index in [1.165, 1.54) is 0 Å². The highest BCUT2D eigenvalue weighted by Gasteiger charge is 2.22. The molecule has 1 fully saturated rings.